The van der Waals surface area contributed by atoms with Gasteiger partial charge in [-0.3, -0.25) is 0 Å². The maximum Gasteiger partial charge on any atom is 0.0838 e. The van der Waals surface area contributed by atoms with Crippen LogP contribution in [0.4, 0.5) is 0 Å². The van der Waals surface area contributed by atoms with Gasteiger partial charge >= 0.3 is 0 Å². The Morgan fingerprint density at radius 2 is 1.86 bits per heavy atom. The van der Waals surface area contributed by atoms with Crippen LogP contribution in [0.3, 0.4) is 0 Å². The van der Waals surface area contributed by atoms with Crippen molar-refractivity contribution in [2.45, 2.75) is 56.6 Å². The molecule has 1 spiro atoms. The zero-order valence-electron chi connectivity index (χ0n) is 8.93. The Morgan fingerprint density at radius 1 is 1.07 bits per heavy atom. The van der Waals surface area contributed by atoms with Crippen molar-refractivity contribution in [3.63, 3.8) is 0 Å². The topological polar surface area (TPSA) is 21.3 Å². The molecule has 1 N–H and O–H groups in total. The first-order chi connectivity index (χ1) is 6.91. The average molecular weight is 195 g/mol. The molecule has 1 unspecified atom stereocenters. The van der Waals surface area contributed by atoms with Gasteiger partial charge in [0.15, 0.2) is 0 Å². The molecule has 0 radical (unpaired) electrons. The minimum atomic E-state index is 0.248. The van der Waals surface area contributed by atoms with Crippen LogP contribution in [0.25, 0.3) is 0 Å². The van der Waals surface area contributed by atoms with Gasteiger partial charge in [0.2, 0.25) is 0 Å². The second-order valence-electron chi connectivity index (χ2n) is 5.24. The Balaban J connectivity index is 1.77. The Labute approximate surface area is 86.4 Å². The van der Waals surface area contributed by atoms with Crippen molar-refractivity contribution in [1.29, 1.82) is 0 Å². The third-order valence-corrected chi connectivity index (χ3v) is 4.22. The Kier molecular flexibility index (Phi) is 2.29. The van der Waals surface area contributed by atoms with Crippen molar-refractivity contribution in [1.82, 2.24) is 5.32 Å². The molecule has 3 rings (SSSR count). The first-order valence-corrected chi connectivity index (χ1v) is 6.28. The van der Waals surface area contributed by atoms with Gasteiger partial charge in [0, 0.05) is 12.6 Å². The monoisotopic (exact) mass is 195 g/mol. The Hall–Kier alpha value is -0.0800. The number of ether oxygens (including phenoxy) is 1. The van der Waals surface area contributed by atoms with Gasteiger partial charge in [-0.2, -0.15) is 0 Å². The summed E-state index contributed by atoms with van der Waals surface area (Å²) in [6.07, 6.45) is 9.66. The summed E-state index contributed by atoms with van der Waals surface area (Å²) in [4.78, 5) is 0. The van der Waals surface area contributed by atoms with Crippen LogP contribution >= 0.6 is 0 Å². The third kappa shape index (κ3) is 1.49. The number of rotatable bonds is 1. The van der Waals surface area contributed by atoms with E-state index in [9.17, 15) is 0 Å². The number of hydrogen-bond acceptors (Lipinski definition) is 2. The molecule has 0 amide bonds. The molecule has 1 atom stereocenters. The van der Waals surface area contributed by atoms with Gasteiger partial charge < -0.3 is 10.1 Å². The minimum absolute atomic E-state index is 0.248. The quantitative estimate of drug-likeness (QED) is 0.691. The largest absolute Gasteiger partial charge is 0.372 e. The van der Waals surface area contributed by atoms with E-state index >= 15 is 0 Å². The third-order valence-electron chi connectivity index (χ3n) is 4.22. The maximum atomic E-state index is 6.16. The highest BCUT2D eigenvalue weighted by atomic mass is 16.5. The van der Waals surface area contributed by atoms with Crippen LogP contribution in [0.1, 0.15) is 44.9 Å². The summed E-state index contributed by atoms with van der Waals surface area (Å²) in [5, 5.41) is 3.72. The second kappa shape index (κ2) is 3.49. The molecule has 2 heteroatoms. The molecule has 0 bridgehead atoms. The standard InChI is InChI=1S/C12H21NO/c1-2-6-12(7-3-1)11(10-4-5-10)13-8-9-14-12/h10-11,13H,1-9H2. The molecule has 14 heavy (non-hydrogen) atoms. The van der Waals surface area contributed by atoms with Crippen LogP contribution in [0.5, 0.6) is 0 Å². The van der Waals surface area contributed by atoms with E-state index in [2.05, 4.69) is 5.32 Å². The van der Waals surface area contributed by atoms with Gasteiger partial charge in [0.1, 0.15) is 0 Å². The van der Waals surface area contributed by atoms with Crippen molar-refractivity contribution in [2.24, 2.45) is 5.92 Å². The normalized spacial score (nSPS) is 37.3. The SMILES string of the molecule is C1CCC2(CC1)OCCNC2C1CC1. The summed E-state index contributed by atoms with van der Waals surface area (Å²) >= 11 is 0. The van der Waals surface area contributed by atoms with Gasteiger partial charge in [-0.25, -0.2) is 0 Å². The van der Waals surface area contributed by atoms with Crippen molar-refractivity contribution in [3.8, 4) is 0 Å². The summed E-state index contributed by atoms with van der Waals surface area (Å²) in [5.41, 5.74) is 0.248. The van der Waals surface area contributed by atoms with Crippen LogP contribution in [0.15, 0.2) is 0 Å². The molecule has 1 heterocycles. The van der Waals surface area contributed by atoms with E-state index in [1.807, 2.05) is 0 Å². The molecule has 2 saturated carbocycles. The minimum Gasteiger partial charge on any atom is -0.372 e. The Morgan fingerprint density at radius 3 is 2.57 bits per heavy atom. The van der Waals surface area contributed by atoms with Crippen LogP contribution < -0.4 is 5.32 Å². The van der Waals surface area contributed by atoms with Crippen LogP contribution in [0, 0.1) is 5.92 Å². The zero-order chi connectivity index (χ0) is 9.43. The molecule has 0 aromatic heterocycles. The van der Waals surface area contributed by atoms with Crippen molar-refractivity contribution in [3.05, 3.63) is 0 Å². The highest BCUT2D eigenvalue weighted by Crippen LogP contribution is 2.45. The summed E-state index contributed by atoms with van der Waals surface area (Å²) < 4.78 is 6.16. The fraction of sp³-hybridized carbons (Fsp3) is 1.00. The molecule has 3 fully saturated rings. The van der Waals surface area contributed by atoms with E-state index in [4.69, 9.17) is 4.74 Å². The van der Waals surface area contributed by atoms with E-state index in [0.29, 0.717) is 6.04 Å². The predicted octanol–water partition coefficient (Wildman–Crippen LogP) is 2.09. The molecular weight excluding hydrogens is 174 g/mol. The molecule has 0 aromatic rings. The number of nitrogens with one attached hydrogen (secondary N) is 1. The molecule has 80 valence electrons. The van der Waals surface area contributed by atoms with Gasteiger partial charge in [-0.05, 0) is 31.6 Å². The highest BCUT2D eigenvalue weighted by Gasteiger charge is 2.49. The first-order valence-electron chi connectivity index (χ1n) is 6.28. The van der Waals surface area contributed by atoms with Crippen molar-refractivity contribution >= 4 is 0 Å². The lowest BCUT2D eigenvalue weighted by atomic mass is 9.76. The predicted molar refractivity (Wildman–Crippen MR) is 56.3 cm³/mol. The van der Waals surface area contributed by atoms with Crippen molar-refractivity contribution < 1.29 is 4.74 Å². The molecule has 1 aliphatic heterocycles. The van der Waals surface area contributed by atoms with Crippen LogP contribution in [-0.4, -0.2) is 24.8 Å². The maximum absolute atomic E-state index is 6.16. The first kappa shape index (κ1) is 9.17. The molecule has 1 saturated heterocycles. The van der Waals surface area contributed by atoms with Gasteiger partial charge in [-0.1, -0.05) is 19.3 Å². The smallest absolute Gasteiger partial charge is 0.0838 e. The molecular formula is C12H21NO. The summed E-state index contributed by atoms with van der Waals surface area (Å²) in [7, 11) is 0. The summed E-state index contributed by atoms with van der Waals surface area (Å²) in [5.74, 6) is 0.938. The molecule has 2 aliphatic carbocycles. The lowest BCUT2D eigenvalue weighted by molar-refractivity contribution is -0.122. The number of hydrogen-bond donors (Lipinski definition) is 1. The van der Waals surface area contributed by atoms with E-state index in [1.54, 1.807) is 0 Å². The summed E-state index contributed by atoms with van der Waals surface area (Å²) in [6, 6.07) is 0.691. The van der Waals surface area contributed by atoms with Gasteiger partial charge in [-0.15, -0.1) is 0 Å². The fourth-order valence-corrected chi connectivity index (χ4v) is 3.38. The molecule has 2 nitrogen and oxygen atoms in total. The molecule has 3 aliphatic rings. The fourth-order valence-electron chi connectivity index (χ4n) is 3.38. The van der Waals surface area contributed by atoms with Gasteiger partial charge in [0.25, 0.3) is 0 Å². The van der Waals surface area contributed by atoms with E-state index in [-0.39, 0.29) is 5.60 Å². The lowest BCUT2D eigenvalue weighted by Crippen LogP contribution is -2.59. The molecule has 0 aromatic carbocycles. The van der Waals surface area contributed by atoms with Gasteiger partial charge in [0.05, 0.1) is 12.2 Å². The van der Waals surface area contributed by atoms with E-state index in [1.165, 1.54) is 44.9 Å². The second-order valence-corrected chi connectivity index (χ2v) is 5.24. The number of morpholine rings is 1. The van der Waals surface area contributed by atoms with E-state index < -0.39 is 0 Å². The average Bonchev–Trinajstić information content (AvgIpc) is 3.03. The lowest BCUT2D eigenvalue weighted by Gasteiger charge is -2.47. The summed E-state index contributed by atoms with van der Waals surface area (Å²) in [6.45, 7) is 2.01. The van der Waals surface area contributed by atoms with Crippen molar-refractivity contribution in [2.75, 3.05) is 13.2 Å². The Bertz CT molecular complexity index is 198. The zero-order valence-corrected chi connectivity index (χ0v) is 8.93. The van der Waals surface area contributed by atoms with E-state index in [0.717, 1.165) is 19.1 Å². The van der Waals surface area contributed by atoms with Crippen LogP contribution in [0.2, 0.25) is 0 Å². The highest BCUT2D eigenvalue weighted by molar-refractivity contribution is 5.04. The van der Waals surface area contributed by atoms with Crippen LogP contribution in [-0.2, 0) is 4.74 Å².